The van der Waals surface area contributed by atoms with Gasteiger partial charge >= 0.3 is 0 Å². The van der Waals surface area contributed by atoms with E-state index in [2.05, 4.69) is 5.16 Å². The van der Waals surface area contributed by atoms with Gasteiger partial charge in [0.2, 0.25) is 0 Å². The zero-order chi connectivity index (χ0) is 16.2. The van der Waals surface area contributed by atoms with E-state index in [-0.39, 0.29) is 17.0 Å². The Balaban J connectivity index is 2.35. The Kier molecular flexibility index (Phi) is 5.01. The Labute approximate surface area is 131 Å². The second-order valence-electron chi connectivity index (χ2n) is 6.38. The molecule has 0 saturated carbocycles. The standard InChI is InChI=1S/C18H23NO3/c1-4-22-19-14(10-13-8-6-5-7-9-13)17-15(20)11-18(2,3)12-16(17)21/h5-9,20H,4,10-12H2,1-3H3/b19-14+. The van der Waals surface area contributed by atoms with Crippen LogP contribution < -0.4 is 0 Å². The molecule has 0 radical (unpaired) electrons. The van der Waals surface area contributed by atoms with Gasteiger partial charge < -0.3 is 9.94 Å². The molecule has 1 aromatic rings. The summed E-state index contributed by atoms with van der Waals surface area (Å²) in [6.07, 6.45) is 1.35. The minimum Gasteiger partial charge on any atom is -0.511 e. The predicted molar refractivity (Wildman–Crippen MR) is 86.9 cm³/mol. The van der Waals surface area contributed by atoms with Gasteiger partial charge in [0.25, 0.3) is 0 Å². The summed E-state index contributed by atoms with van der Waals surface area (Å²) in [5.74, 6) is 0.0544. The quantitative estimate of drug-likeness (QED) is 0.664. The van der Waals surface area contributed by atoms with Crippen molar-refractivity contribution in [3.05, 3.63) is 47.2 Å². The minimum absolute atomic E-state index is 0.0665. The van der Waals surface area contributed by atoms with Gasteiger partial charge in [-0.05, 0) is 17.9 Å². The van der Waals surface area contributed by atoms with E-state index in [4.69, 9.17) is 4.84 Å². The third-order valence-corrected chi connectivity index (χ3v) is 3.66. The van der Waals surface area contributed by atoms with Gasteiger partial charge in [0.1, 0.15) is 12.4 Å². The number of hydrogen-bond acceptors (Lipinski definition) is 4. The molecule has 0 amide bonds. The molecule has 1 aliphatic rings. The highest BCUT2D eigenvalue weighted by atomic mass is 16.6. The van der Waals surface area contributed by atoms with Crippen molar-refractivity contribution in [3.8, 4) is 0 Å². The fourth-order valence-corrected chi connectivity index (χ4v) is 2.71. The van der Waals surface area contributed by atoms with Crippen molar-refractivity contribution >= 4 is 11.5 Å². The molecule has 0 bridgehead atoms. The van der Waals surface area contributed by atoms with Crippen LogP contribution in [-0.2, 0) is 16.1 Å². The SMILES string of the molecule is CCO/N=C(\Cc1ccccc1)C1=C(O)CC(C)(C)CC1=O. The predicted octanol–water partition coefficient (Wildman–Crippen LogP) is 3.82. The second kappa shape index (κ2) is 6.77. The third kappa shape index (κ3) is 3.97. The van der Waals surface area contributed by atoms with Crippen LogP contribution in [0.2, 0.25) is 0 Å². The molecule has 118 valence electrons. The van der Waals surface area contributed by atoms with Gasteiger partial charge in [0.05, 0.1) is 11.3 Å². The second-order valence-corrected chi connectivity index (χ2v) is 6.38. The van der Waals surface area contributed by atoms with E-state index in [9.17, 15) is 9.90 Å². The number of allylic oxidation sites excluding steroid dienone is 2. The van der Waals surface area contributed by atoms with Crippen LogP contribution in [0.15, 0.2) is 46.8 Å². The average Bonchev–Trinajstić information content (AvgIpc) is 2.43. The van der Waals surface area contributed by atoms with Crippen LogP contribution in [0.1, 0.15) is 39.2 Å². The number of ketones is 1. The Morgan fingerprint density at radius 1 is 1.27 bits per heavy atom. The molecule has 0 fully saturated rings. The molecule has 0 unspecified atom stereocenters. The maximum absolute atomic E-state index is 12.5. The first-order valence-electron chi connectivity index (χ1n) is 7.61. The number of oxime groups is 1. The van der Waals surface area contributed by atoms with E-state index in [0.717, 1.165) is 5.56 Å². The Bertz CT molecular complexity index is 600. The van der Waals surface area contributed by atoms with Gasteiger partial charge in [-0.25, -0.2) is 0 Å². The van der Waals surface area contributed by atoms with Gasteiger partial charge in [-0.15, -0.1) is 0 Å². The summed E-state index contributed by atoms with van der Waals surface area (Å²) in [6.45, 7) is 6.22. The Morgan fingerprint density at radius 2 is 1.95 bits per heavy atom. The molecular formula is C18H23NO3. The van der Waals surface area contributed by atoms with E-state index in [1.165, 1.54) is 0 Å². The number of carbonyl (C=O) groups is 1. The van der Waals surface area contributed by atoms with Crippen molar-refractivity contribution in [1.29, 1.82) is 0 Å². The van der Waals surface area contributed by atoms with Crippen molar-refractivity contribution in [3.63, 3.8) is 0 Å². The first-order chi connectivity index (χ1) is 10.4. The van der Waals surface area contributed by atoms with Crippen molar-refractivity contribution in [2.24, 2.45) is 10.6 Å². The lowest BCUT2D eigenvalue weighted by atomic mass is 9.75. The maximum Gasteiger partial charge on any atom is 0.168 e. The number of carbonyl (C=O) groups excluding carboxylic acids is 1. The number of rotatable bonds is 5. The average molecular weight is 301 g/mol. The summed E-state index contributed by atoms with van der Waals surface area (Å²) in [5, 5.41) is 14.4. The molecule has 2 rings (SSSR count). The van der Waals surface area contributed by atoms with Crippen LogP contribution in [0.5, 0.6) is 0 Å². The summed E-state index contributed by atoms with van der Waals surface area (Å²) >= 11 is 0. The fourth-order valence-electron chi connectivity index (χ4n) is 2.71. The molecule has 4 nitrogen and oxygen atoms in total. The highest BCUT2D eigenvalue weighted by Gasteiger charge is 2.35. The molecule has 0 heterocycles. The van der Waals surface area contributed by atoms with Gasteiger partial charge in [-0.3, -0.25) is 4.79 Å². The van der Waals surface area contributed by atoms with Crippen LogP contribution in [0.4, 0.5) is 0 Å². The molecule has 0 spiro atoms. The lowest BCUT2D eigenvalue weighted by molar-refractivity contribution is -0.118. The van der Waals surface area contributed by atoms with Gasteiger partial charge in [0.15, 0.2) is 5.78 Å². The molecule has 22 heavy (non-hydrogen) atoms. The van der Waals surface area contributed by atoms with Gasteiger partial charge in [0, 0.05) is 19.3 Å². The topological polar surface area (TPSA) is 58.9 Å². The first-order valence-corrected chi connectivity index (χ1v) is 7.61. The first kappa shape index (κ1) is 16.3. The molecule has 4 heteroatoms. The van der Waals surface area contributed by atoms with Crippen molar-refractivity contribution in [1.82, 2.24) is 0 Å². The molecule has 0 aromatic heterocycles. The molecule has 1 N–H and O–H groups in total. The monoisotopic (exact) mass is 301 g/mol. The molecule has 1 aromatic carbocycles. The molecule has 0 aliphatic heterocycles. The van der Waals surface area contributed by atoms with E-state index < -0.39 is 0 Å². The van der Waals surface area contributed by atoms with E-state index in [1.54, 1.807) is 0 Å². The Morgan fingerprint density at radius 3 is 2.55 bits per heavy atom. The van der Waals surface area contributed by atoms with E-state index >= 15 is 0 Å². The van der Waals surface area contributed by atoms with Gasteiger partial charge in [-0.1, -0.05) is 49.3 Å². The molecular weight excluding hydrogens is 278 g/mol. The third-order valence-electron chi connectivity index (χ3n) is 3.66. The lowest BCUT2D eigenvalue weighted by Crippen LogP contribution is -2.30. The van der Waals surface area contributed by atoms with Crippen molar-refractivity contribution in [2.45, 2.75) is 40.0 Å². The van der Waals surface area contributed by atoms with E-state index in [0.29, 0.717) is 37.2 Å². The van der Waals surface area contributed by atoms with Crippen LogP contribution in [-0.4, -0.2) is 23.2 Å². The molecule has 1 aliphatic carbocycles. The molecule has 0 atom stereocenters. The van der Waals surface area contributed by atoms with Crippen molar-refractivity contribution < 1.29 is 14.7 Å². The summed E-state index contributed by atoms with van der Waals surface area (Å²) in [7, 11) is 0. The van der Waals surface area contributed by atoms with Crippen LogP contribution in [0.3, 0.4) is 0 Å². The normalized spacial score (nSPS) is 18.5. The van der Waals surface area contributed by atoms with Crippen LogP contribution in [0, 0.1) is 5.41 Å². The maximum atomic E-state index is 12.5. The number of nitrogens with zero attached hydrogens (tertiary/aromatic N) is 1. The highest BCUT2D eigenvalue weighted by molar-refractivity contribution is 6.23. The highest BCUT2D eigenvalue weighted by Crippen LogP contribution is 2.36. The number of aliphatic hydroxyl groups is 1. The summed E-state index contributed by atoms with van der Waals surface area (Å²) in [6, 6.07) is 9.75. The smallest absolute Gasteiger partial charge is 0.168 e. The van der Waals surface area contributed by atoms with Crippen LogP contribution in [0.25, 0.3) is 0 Å². The molecule has 0 saturated heterocycles. The lowest BCUT2D eigenvalue weighted by Gasteiger charge is -2.29. The number of aliphatic hydroxyl groups excluding tert-OH is 1. The number of hydrogen-bond donors (Lipinski definition) is 1. The fraction of sp³-hybridized carbons (Fsp3) is 0.444. The van der Waals surface area contributed by atoms with Gasteiger partial charge in [-0.2, -0.15) is 0 Å². The zero-order valence-corrected chi connectivity index (χ0v) is 13.4. The zero-order valence-electron chi connectivity index (χ0n) is 13.4. The number of benzene rings is 1. The summed E-state index contributed by atoms with van der Waals surface area (Å²) < 4.78 is 0. The van der Waals surface area contributed by atoms with E-state index in [1.807, 2.05) is 51.1 Å². The minimum atomic E-state index is -0.214. The van der Waals surface area contributed by atoms with Crippen molar-refractivity contribution in [2.75, 3.05) is 6.61 Å². The summed E-state index contributed by atoms with van der Waals surface area (Å²) in [4.78, 5) is 17.6. The summed E-state index contributed by atoms with van der Waals surface area (Å²) in [5.41, 5.74) is 1.65. The van der Waals surface area contributed by atoms with Crippen LogP contribution >= 0.6 is 0 Å². The largest absolute Gasteiger partial charge is 0.511 e. The Hall–Kier alpha value is -2.10. The number of Topliss-reactive ketones (excluding diaryl/α,β-unsaturated/α-hetero) is 1.